The Morgan fingerprint density at radius 2 is 1.83 bits per heavy atom. The molecule has 148 valence electrons. The van der Waals surface area contributed by atoms with Crippen molar-refractivity contribution in [3.8, 4) is 11.1 Å². The van der Waals surface area contributed by atoms with Crippen LogP contribution in [-0.2, 0) is 11.3 Å². The molecule has 2 N–H and O–H groups in total. The van der Waals surface area contributed by atoms with Crippen molar-refractivity contribution in [3.05, 3.63) is 102 Å². The van der Waals surface area contributed by atoms with E-state index < -0.39 is 0 Å². The van der Waals surface area contributed by atoms with Crippen molar-refractivity contribution in [2.24, 2.45) is 0 Å². The SMILES string of the molecule is C=CC(=O)Nc1cccc(-c2ccc3nccc(NCc4cccc(Cl)c4)c3c2)c1. The second-order valence-corrected chi connectivity index (χ2v) is 7.28. The summed E-state index contributed by atoms with van der Waals surface area (Å²) < 4.78 is 0. The minimum Gasteiger partial charge on any atom is -0.380 e. The zero-order chi connectivity index (χ0) is 20.9. The van der Waals surface area contributed by atoms with Gasteiger partial charge in [-0.1, -0.05) is 48.5 Å². The Morgan fingerprint density at radius 1 is 1.00 bits per heavy atom. The normalized spacial score (nSPS) is 10.6. The predicted octanol–water partition coefficient (Wildman–Crippen LogP) is 6.29. The number of fused-ring (bicyclic) bond motifs is 1. The quantitative estimate of drug-likeness (QED) is 0.365. The lowest BCUT2D eigenvalue weighted by atomic mass is 10.0. The first-order chi connectivity index (χ1) is 14.6. The number of nitrogens with zero attached hydrogens (tertiary/aromatic N) is 1. The molecule has 0 saturated heterocycles. The van der Waals surface area contributed by atoms with Crippen LogP contribution in [0.2, 0.25) is 5.02 Å². The monoisotopic (exact) mass is 413 g/mol. The van der Waals surface area contributed by atoms with E-state index in [2.05, 4.69) is 28.3 Å². The van der Waals surface area contributed by atoms with E-state index in [0.29, 0.717) is 6.54 Å². The summed E-state index contributed by atoms with van der Waals surface area (Å²) in [5, 5.41) is 8.04. The molecule has 4 aromatic rings. The summed E-state index contributed by atoms with van der Waals surface area (Å²) in [7, 11) is 0. The number of anilines is 2. The highest BCUT2D eigenvalue weighted by Crippen LogP contribution is 2.29. The van der Waals surface area contributed by atoms with Crippen molar-refractivity contribution in [1.29, 1.82) is 0 Å². The van der Waals surface area contributed by atoms with E-state index >= 15 is 0 Å². The Kier molecular flexibility index (Phi) is 5.77. The summed E-state index contributed by atoms with van der Waals surface area (Å²) in [5.41, 5.74) is 5.78. The topological polar surface area (TPSA) is 54.0 Å². The molecule has 30 heavy (non-hydrogen) atoms. The third-order valence-corrected chi connectivity index (χ3v) is 5.00. The number of carbonyl (C=O) groups excluding carboxylic acids is 1. The second-order valence-electron chi connectivity index (χ2n) is 6.85. The smallest absolute Gasteiger partial charge is 0.247 e. The number of aromatic nitrogens is 1. The summed E-state index contributed by atoms with van der Waals surface area (Å²) in [6.07, 6.45) is 3.06. The third kappa shape index (κ3) is 4.50. The van der Waals surface area contributed by atoms with Gasteiger partial charge in [-0.2, -0.15) is 0 Å². The Morgan fingerprint density at radius 3 is 2.67 bits per heavy atom. The van der Waals surface area contributed by atoms with Crippen LogP contribution < -0.4 is 10.6 Å². The number of pyridine rings is 1. The maximum absolute atomic E-state index is 11.6. The first kappa shape index (κ1) is 19.7. The number of rotatable bonds is 6. The van der Waals surface area contributed by atoms with Crippen LogP contribution in [0.15, 0.2) is 91.6 Å². The number of halogens is 1. The largest absolute Gasteiger partial charge is 0.380 e. The van der Waals surface area contributed by atoms with Crippen LogP contribution in [0.1, 0.15) is 5.56 Å². The number of benzene rings is 3. The van der Waals surface area contributed by atoms with E-state index in [1.54, 1.807) is 6.20 Å². The molecule has 0 unspecified atom stereocenters. The fourth-order valence-electron chi connectivity index (χ4n) is 3.29. The average Bonchev–Trinajstić information content (AvgIpc) is 2.77. The molecule has 0 saturated carbocycles. The minimum atomic E-state index is -0.234. The van der Waals surface area contributed by atoms with E-state index in [1.807, 2.05) is 66.7 Å². The number of carbonyl (C=O) groups is 1. The molecule has 1 aromatic heterocycles. The van der Waals surface area contributed by atoms with Gasteiger partial charge in [-0.25, -0.2) is 0 Å². The van der Waals surface area contributed by atoms with Gasteiger partial charge in [0.1, 0.15) is 0 Å². The standard InChI is InChI=1S/C25H20ClN3O/c1-2-25(30)29-21-8-4-6-18(14-21)19-9-10-23-22(15-19)24(11-12-27-23)28-16-17-5-3-7-20(26)13-17/h2-15H,1,16H2,(H,27,28)(H,29,30). The maximum atomic E-state index is 11.6. The Labute approximate surface area is 180 Å². The number of hydrogen-bond donors (Lipinski definition) is 2. The first-order valence-electron chi connectivity index (χ1n) is 9.53. The summed E-state index contributed by atoms with van der Waals surface area (Å²) >= 11 is 6.09. The van der Waals surface area contributed by atoms with Crippen LogP contribution in [0.4, 0.5) is 11.4 Å². The molecule has 0 bridgehead atoms. The highest BCUT2D eigenvalue weighted by molar-refractivity contribution is 6.30. The van der Waals surface area contributed by atoms with E-state index in [1.165, 1.54) is 6.08 Å². The zero-order valence-corrected chi connectivity index (χ0v) is 17.0. The van der Waals surface area contributed by atoms with Gasteiger partial charge in [0.2, 0.25) is 5.91 Å². The lowest BCUT2D eigenvalue weighted by Gasteiger charge is -2.12. The van der Waals surface area contributed by atoms with Crippen molar-refractivity contribution in [2.45, 2.75) is 6.54 Å². The fourth-order valence-corrected chi connectivity index (χ4v) is 3.51. The Hall–Kier alpha value is -3.63. The molecule has 1 heterocycles. The lowest BCUT2D eigenvalue weighted by Crippen LogP contribution is -2.06. The summed E-state index contributed by atoms with van der Waals surface area (Å²) in [6.45, 7) is 4.15. The van der Waals surface area contributed by atoms with Crippen LogP contribution in [0.5, 0.6) is 0 Å². The van der Waals surface area contributed by atoms with E-state index in [0.717, 1.165) is 44.0 Å². The van der Waals surface area contributed by atoms with Crippen molar-refractivity contribution in [2.75, 3.05) is 10.6 Å². The van der Waals surface area contributed by atoms with Crippen molar-refractivity contribution in [3.63, 3.8) is 0 Å². The molecule has 0 atom stereocenters. The van der Waals surface area contributed by atoms with Crippen molar-refractivity contribution in [1.82, 2.24) is 4.98 Å². The van der Waals surface area contributed by atoms with Gasteiger partial charge in [-0.05, 0) is 65.2 Å². The molecule has 0 aliphatic rings. The zero-order valence-electron chi connectivity index (χ0n) is 16.2. The highest BCUT2D eigenvalue weighted by Gasteiger charge is 2.07. The number of nitrogens with one attached hydrogen (secondary N) is 2. The van der Waals surface area contributed by atoms with Gasteiger partial charge in [0.05, 0.1) is 5.52 Å². The molecular weight excluding hydrogens is 394 g/mol. The Bertz CT molecular complexity index is 1240. The van der Waals surface area contributed by atoms with Crippen LogP contribution in [-0.4, -0.2) is 10.9 Å². The molecular formula is C25H20ClN3O. The van der Waals surface area contributed by atoms with Gasteiger partial charge in [-0.3, -0.25) is 9.78 Å². The van der Waals surface area contributed by atoms with Crippen LogP contribution >= 0.6 is 11.6 Å². The molecule has 0 aliphatic heterocycles. The highest BCUT2D eigenvalue weighted by atomic mass is 35.5. The first-order valence-corrected chi connectivity index (χ1v) is 9.91. The molecule has 0 aliphatic carbocycles. The maximum Gasteiger partial charge on any atom is 0.247 e. The number of hydrogen-bond acceptors (Lipinski definition) is 3. The van der Waals surface area contributed by atoms with Gasteiger partial charge >= 0.3 is 0 Å². The minimum absolute atomic E-state index is 0.234. The molecule has 3 aromatic carbocycles. The fraction of sp³-hybridized carbons (Fsp3) is 0.0400. The molecule has 0 fully saturated rings. The van der Waals surface area contributed by atoms with Crippen LogP contribution in [0.3, 0.4) is 0 Å². The number of amides is 1. The molecule has 4 nitrogen and oxygen atoms in total. The van der Waals surface area contributed by atoms with Gasteiger partial charge in [0.15, 0.2) is 0 Å². The van der Waals surface area contributed by atoms with Crippen molar-refractivity contribution >= 4 is 39.8 Å². The van der Waals surface area contributed by atoms with Gasteiger partial charge in [0.25, 0.3) is 0 Å². The van der Waals surface area contributed by atoms with E-state index in [9.17, 15) is 4.79 Å². The van der Waals surface area contributed by atoms with E-state index in [-0.39, 0.29) is 5.91 Å². The molecule has 0 spiro atoms. The molecule has 1 amide bonds. The van der Waals surface area contributed by atoms with Gasteiger partial charge in [-0.15, -0.1) is 0 Å². The Balaban J connectivity index is 1.65. The third-order valence-electron chi connectivity index (χ3n) is 4.76. The summed E-state index contributed by atoms with van der Waals surface area (Å²) in [6, 6.07) is 23.6. The van der Waals surface area contributed by atoms with Crippen LogP contribution in [0, 0.1) is 0 Å². The van der Waals surface area contributed by atoms with Gasteiger partial charge < -0.3 is 10.6 Å². The second kappa shape index (κ2) is 8.80. The molecule has 5 heteroatoms. The van der Waals surface area contributed by atoms with Crippen LogP contribution in [0.25, 0.3) is 22.0 Å². The predicted molar refractivity (Wildman–Crippen MR) is 125 cm³/mol. The molecule has 4 rings (SSSR count). The average molecular weight is 414 g/mol. The molecule has 0 radical (unpaired) electrons. The summed E-state index contributed by atoms with van der Waals surface area (Å²) in [4.78, 5) is 16.1. The van der Waals surface area contributed by atoms with Gasteiger partial charge in [0, 0.05) is 34.5 Å². The van der Waals surface area contributed by atoms with Crippen molar-refractivity contribution < 1.29 is 4.79 Å². The lowest BCUT2D eigenvalue weighted by molar-refractivity contribution is -0.111. The summed E-state index contributed by atoms with van der Waals surface area (Å²) in [5.74, 6) is -0.234. The van der Waals surface area contributed by atoms with E-state index in [4.69, 9.17) is 11.6 Å².